The minimum absolute atomic E-state index is 0.0612. The van der Waals surface area contributed by atoms with Crippen LogP contribution < -0.4 is 47.9 Å². The molecule has 0 spiro atoms. The van der Waals surface area contributed by atoms with Crippen LogP contribution in [0.15, 0.2) is 54.6 Å². The second-order valence-electron chi connectivity index (χ2n) is 21.4. The number of nitrogens with one attached hydrogen (secondary N) is 9. The van der Waals surface area contributed by atoms with Gasteiger partial charge in [0.1, 0.15) is 30.2 Å². The summed E-state index contributed by atoms with van der Waals surface area (Å²) >= 11 is 1.85. The maximum atomic E-state index is 14.1. The fourth-order valence-corrected chi connectivity index (χ4v) is 10.7. The number of thioether (sulfide) groups is 1. The van der Waals surface area contributed by atoms with Crippen LogP contribution in [0.2, 0.25) is 0 Å². The number of carbonyl (C=O) groups excluding carboxylic acids is 8. The monoisotopic (exact) mass is 1090 g/mol. The number of amides is 9. The minimum Gasteiger partial charge on any atom is -0.394 e. The first-order chi connectivity index (χ1) is 36.7. The van der Waals surface area contributed by atoms with Gasteiger partial charge in [0.25, 0.3) is 5.91 Å². The van der Waals surface area contributed by atoms with Crippen molar-refractivity contribution >= 4 is 59.1 Å². The summed E-state index contributed by atoms with van der Waals surface area (Å²) in [4.78, 5) is 109. The average Bonchev–Trinajstić information content (AvgIpc) is 3.96. The molecule has 2 aliphatic heterocycles. The maximum Gasteiger partial charge on any atom is 0.315 e. The summed E-state index contributed by atoms with van der Waals surface area (Å²) in [6, 6.07) is 10.8. The third kappa shape index (κ3) is 22.2. The summed E-state index contributed by atoms with van der Waals surface area (Å²) in [6.45, 7) is 18.0. The van der Waals surface area contributed by atoms with Crippen LogP contribution in [-0.2, 0) is 45.3 Å². The van der Waals surface area contributed by atoms with E-state index in [1.807, 2.05) is 68.1 Å². The number of benzene rings is 2. The molecule has 20 nitrogen and oxygen atoms in total. The average molecular weight is 1090 g/mol. The van der Waals surface area contributed by atoms with Gasteiger partial charge in [-0.05, 0) is 99.7 Å². The molecule has 21 heteroatoms. The van der Waals surface area contributed by atoms with Crippen LogP contribution in [0.5, 0.6) is 0 Å². The number of rotatable bonds is 34. The van der Waals surface area contributed by atoms with E-state index in [4.69, 9.17) is 4.74 Å². The zero-order chi connectivity index (χ0) is 56.5. The van der Waals surface area contributed by atoms with Gasteiger partial charge in [0.2, 0.25) is 35.4 Å². The molecule has 10 N–H and O–H groups in total. The first-order valence-electron chi connectivity index (χ1n) is 27.5. The molecule has 0 bridgehead atoms. The molecule has 4 rings (SSSR count). The maximum absolute atomic E-state index is 14.1. The highest BCUT2D eigenvalue weighted by Gasteiger charge is 2.42. The summed E-state index contributed by atoms with van der Waals surface area (Å²) in [5.41, 5.74) is 2.08. The lowest BCUT2D eigenvalue weighted by Gasteiger charge is -2.27. The molecule has 0 saturated carbocycles. The fraction of sp³-hybridized carbons (Fsp3) is 0.643. The molecule has 9 amide bonds. The topological polar surface area (TPSA) is 278 Å². The molecule has 2 aliphatic rings. The van der Waals surface area contributed by atoms with Crippen molar-refractivity contribution in [1.29, 1.82) is 0 Å². The lowest BCUT2D eigenvalue weighted by molar-refractivity contribution is -0.135. The number of aliphatic hydroxyl groups excluding tert-OH is 1. The predicted octanol–water partition coefficient (Wildman–Crippen LogP) is 2.81. The Labute approximate surface area is 460 Å². The third-order valence-corrected chi connectivity index (χ3v) is 15.3. The largest absolute Gasteiger partial charge is 0.394 e. The minimum atomic E-state index is -1.35. The van der Waals surface area contributed by atoms with E-state index < -0.39 is 72.3 Å². The Morgan fingerprint density at radius 3 is 2.01 bits per heavy atom. The lowest BCUT2D eigenvalue weighted by Crippen LogP contribution is -2.59. The zero-order valence-electron chi connectivity index (χ0n) is 46.6. The highest BCUT2D eigenvalue weighted by atomic mass is 32.2. The van der Waals surface area contributed by atoms with Crippen LogP contribution in [0.25, 0.3) is 0 Å². The van der Waals surface area contributed by atoms with Crippen LogP contribution in [0, 0.1) is 5.92 Å². The molecule has 0 radical (unpaired) electrons. The highest BCUT2D eigenvalue weighted by Crippen LogP contribution is 2.33. The Morgan fingerprint density at radius 1 is 0.727 bits per heavy atom. The normalized spacial score (nSPS) is 17.9. The lowest BCUT2D eigenvalue weighted by atomic mass is 9.86. The van der Waals surface area contributed by atoms with E-state index in [1.54, 1.807) is 12.1 Å². The van der Waals surface area contributed by atoms with Gasteiger partial charge in [-0.1, -0.05) is 97.4 Å². The summed E-state index contributed by atoms with van der Waals surface area (Å²) < 4.78 is 5.58. The Morgan fingerprint density at radius 2 is 1.36 bits per heavy atom. The van der Waals surface area contributed by atoms with Crippen molar-refractivity contribution < 1.29 is 48.2 Å². The van der Waals surface area contributed by atoms with E-state index in [2.05, 4.69) is 87.4 Å². The van der Waals surface area contributed by atoms with Crippen LogP contribution >= 0.6 is 11.8 Å². The standard InChI is InChI=1S/C56H88N10O10S/c1-9-66(10-2)29-17-16-20-41(52(72)63-44(34-67)51(71)58-28-31-76-30-27-57-47(68)22-15-14-21-46-48-45(35-77-46)64-55(75)65-48)60-54(74)42(32-36(3)4)61-49(69)37(5)59-53(73)43(33-38-18-12-11-13-19-38)62-50(70)39-23-25-40(26-24-39)56(6,7)8/h11-13,18-19,23-26,36-37,41-46,48,67H,9-10,14-17,20-22,27-35H2,1-8H3,(H,57,68)(H,58,71)(H,59,73)(H,60,74)(H,61,69)(H,62,70)(H,63,72)(H2,64,65,75)/t37-,41-,42-,43-,44-,45-,46-,48-/m0/s1. The van der Waals surface area contributed by atoms with Crippen molar-refractivity contribution in [2.45, 2.75) is 166 Å². The van der Waals surface area contributed by atoms with Gasteiger partial charge in [-0.25, -0.2) is 4.79 Å². The number of hydrogen-bond donors (Lipinski definition) is 10. The third-order valence-electron chi connectivity index (χ3n) is 13.8. The van der Waals surface area contributed by atoms with E-state index in [0.717, 1.165) is 62.2 Å². The molecule has 2 aromatic carbocycles. The molecular formula is C56H88N10O10S. The molecule has 428 valence electrons. The number of carbonyl (C=O) groups is 8. The molecule has 8 atom stereocenters. The van der Waals surface area contributed by atoms with Crippen LogP contribution in [0.4, 0.5) is 4.79 Å². The van der Waals surface area contributed by atoms with Gasteiger partial charge in [0.15, 0.2) is 0 Å². The quantitative estimate of drug-likeness (QED) is 0.0358. The Hall–Kier alpha value is -5.77. The molecule has 0 aromatic heterocycles. The summed E-state index contributed by atoms with van der Waals surface area (Å²) in [5, 5.41) is 35.7. The second-order valence-corrected chi connectivity index (χ2v) is 22.7. The number of urea groups is 1. The van der Waals surface area contributed by atoms with Crippen molar-refractivity contribution in [3.05, 3.63) is 71.3 Å². The first kappa shape index (κ1) is 63.8. The Balaban J connectivity index is 1.29. The van der Waals surface area contributed by atoms with Crippen molar-refractivity contribution in [1.82, 2.24) is 52.8 Å². The number of ether oxygens (including phenoxy) is 1. The molecule has 2 heterocycles. The SMILES string of the molecule is CCN(CC)CCCC[C@H](NC(=O)[C@H](CC(C)C)NC(=O)[C@H](C)NC(=O)[C@H](Cc1ccccc1)NC(=O)c1ccc(C(C)(C)C)cc1)C(=O)N[C@@H](CO)C(=O)NCCOCCNC(=O)CCCC[C@@H]1SC[C@@H]2NC(=O)N[C@@H]21. The van der Waals surface area contributed by atoms with E-state index in [-0.39, 0.29) is 80.9 Å². The van der Waals surface area contributed by atoms with Gasteiger partial charge < -0.3 is 62.6 Å². The molecule has 0 aliphatic carbocycles. The van der Waals surface area contributed by atoms with Gasteiger partial charge in [-0.15, -0.1) is 0 Å². The van der Waals surface area contributed by atoms with Crippen LogP contribution in [0.1, 0.15) is 128 Å². The van der Waals surface area contributed by atoms with Gasteiger partial charge >= 0.3 is 6.03 Å². The fourth-order valence-electron chi connectivity index (χ4n) is 9.13. The van der Waals surface area contributed by atoms with E-state index in [0.29, 0.717) is 23.7 Å². The van der Waals surface area contributed by atoms with Crippen molar-refractivity contribution in [2.75, 3.05) is 58.3 Å². The number of nitrogens with zero attached hydrogens (tertiary/aromatic N) is 1. The summed E-state index contributed by atoms with van der Waals surface area (Å²) in [6.07, 6.45) is 4.70. The summed E-state index contributed by atoms with van der Waals surface area (Å²) in [5.74, 6) is -3.00. The van der Waals surface area contributed by atoms with E-state index in [1.165, 1.54) is 6.92 Å². The molecule has 0 unspecified atom stereocenters. The van der Waals surface area contributed by atoms with E-state index in [9.17, 15) is 43.5 Å². The van der Waals surface area contributed by atoms with Gasteiger partial charge in [-0.3, -0.25) is 33.6 Å². The number of fused-ring (bicyclic) bond motifs is 1. The number of aliphatic hydroxyl groups is 1. The molecule has 77 heavy (non-hydrogen) atoms. The molecule has 2 saturated heterocycles. The second kappa shape index (κ2) is 32.8. The van der Waals surface area contributed by atoms with E-state index >= 15 is 0 Å². The number of hydrogen-bond acceptors (Lipinski definition) is 12. The summed E-state index contributed by atoms with van der Waals surface area (Å²) in [7, 11) is 0. The predicted molar refractivity (Wildman–Crippen MR) is 299 cm³/mol. The van der Waals surface area contributed by atoms with Crippen molar-refractivity contribution in [3.8, 4) is 0 Å². The van der Waals surface area contributed by atoms with Crippen molar-refractivity contribution in [2.24, 2.45) is 5.92 Å². The Bertz CT molecular complexity index is 2210. The smallest absolute Gasteiger partial charge is 0.315 e. The highest BCUT2D eigenvalue weighted by molar-refractivity contribution is 8.00. The number of unbranched alkanes of at least 4 members (excludes halogenated alkanes) is 2. The van der Waals surface area contributed by atoms with Gasteiger partial charge in [0, 0.05) is 42.5 Å². The van der Waals surface area contributed by atoms with Crippen molar-refractivity contribution in [3.63, 3.8) is 0 Å². The first-order valence-corrected chi connectivity index (χ1v) is 28.6. The molecule has 2 fully saturated rings. The van der Waals surface area contributed by atoms with Crippen LogP contribution in [0.3, 0.4) is 0 Å². The molecule has 2 aromatic rings. The van der Waals surface area contributed by atoms with Gasteiger partial charge in [0.05, 0.1) is 31.9 Å². The Kier molecular flexibility index (Phi) is 27.2. The zero-order valence-corrected chi connectivity index (χ0v) is 47.4. The van der Waals surface area contributed by atoms with Crippen LogP contribution in [-0.4, -0.2) is 163 Å². The van der Waals surface area contributed by atoms with Gasteiger partial charge in [-0.2, -0.15) is 11.8 Å². The molecular weight excluding hydrogens is 1000 g/mol.